The standard InChI is InChI=1S/C24H34N4O4/c1-14(2)21(27-22(30)15(3)25-4)24(32)28-13-17(29)12-20(28)23(31)26-19-11-7-9-16-8-5-6-10-18(16)19/h5-6,8,10,14-15,19-21,25H,7,9,11-13H2,1-4H3,(H,26,31)(H,27,30)/t15-,19+,20-,21-/m0/s1. The molecule has 1 aliphatic carbocycles. The van der Waals surface area contributed by atoms with Gasteiger partial charge in [0.15, 0.2) is 5.78 Å². The highest BCUT2D eigenvalue weighted by molar-refractivity contribution is 6.01. The first-order chi connectivity index (χ1) is 15.2. The second kappa shape index (κ2) is 10.3. The number of nitrogens with one attached hydrogen (secondary N) is 3. The third-order valence-electron chi connectivity index (χ3n) is 6.47. The van der Waals surface area contributed by atoms with Gasteiger partial charge in [0, 0.05) is 6.42 Å². The molecule has 2 aliphatic rings. The number of ketones is 1. The van der Waals surface area contributed by atoms with Gasteiger partial charge in [-0.2, -0.15) is 0 Å². The van der Waals surface area contributed by atoms with Gasteiger partial charge < -0.3 is 20.9 Å². The Kier molecular flexibility index (Phi) is 7.66. The van der Waals surface area contributed by atoms with Crippen molar-refractivity contribution in [1.82, 2.24) is 20.9 Å². The third-order valence-corrected chi connectivity index (χ3v) is 6.47. The molecule has 1 aliphatic heterocycles. The summed E-state index contributed by atoms with van der Waals surface area (Å²) in [6, 6.07) is 5.79. The fourth-order valence-corrected chi connectivity index (χ4v) is 4.43. The molecule has 1 aromatic carbocycles. The van der Waals surface area contributed by atoms with Crippen molar-refractivity contribution < 1.29 is 19.2 Å². The summed E-state index contributed by atoms with van der Waals surface area (Å²) < 4.78 is 0. The van der Waals surface area contributed by atoms with Crippen molar-refractivity contribution in [3.63, 3.8) is 0 Å². The van der Waals surface area contributed by atoms with Crippen LogP contribution in [0.4, 0.5) is 0 Å². The van der Waals surface area contributed by atoms with E-state index in [2.05, 4.69) is 22.0 Å². The second-order valence-electron chi connectivity index (χ2n) is 9.12. The van der Waals surface area contributed by atoms with Gasteiger partial charge in [-0.25, -0.2) is 0 Å². The Morgan fingerprint density at radius 2 is 1.84 bits per heavy atom. The molecule has 1 aromatic rings. The van der Waals surface area contributed by atoms with Gasteiger partial charge in [-0.3, -0.25) is 19.2 Å². The quantitative estimate of drug-likeness (QED) is 0.586. The Hall–Kier alpha value is -2.74. The van der Waals surface area contributed by atoms with Crippen LogP contribution in [-0.4, -0.2) is 60.1 Å². The van der Waals surface area contributed by atoms with E-state index in [1.165, 1.54) is 10.5 Å². The van der Waals surface area contributed by atoms with Crippen molar-refractivity contribution in [3.8, 4) is 0 Å². The van der Waals surface area contributed by atoms with Crippen molar-refractivity contribution in [2.45, 2.75) is 70.6 Å². The predicted octanol–water partition coefficient (Wildman–Crippen LogP) is 1.10. The number of amides is 3. The summed E-state index contributed by atoms with van der Waals surface area (Å²) in [6.45, 7) is 5.26. The Bertz CT molecular complexity index is 885. The van der Waals surface area contributed by atoms with Crippen molar-refractivity contribution in [2.24, 2.45) is 5.92 Å². The van der Waals surface area contributed by atoms with Crippen LogP contribution < -0.4 is 16.0 Å². The van der Waals surface area contributed by atoms with E-state index < -0.39 is 24.0 Å². The van der Waals surface area contributed by atoms with Gasteiger partial charge in [-0.15, -0.1) is 0 Å². The van der Waals surface area contributed by atoms with Gasteiger partial charge in [0.2, 0.25) is 17.7 Å². The molecule has 32 heavy (non-hydrogen) atoms. The Labute approximate surface area is 189 Å². The van der Waals surface area contributed by atoms with E-state index in [1.807, 2.05) is 32.0 Å². The normalized spacial score (nSPS) is 22.3. The van der Waals surface area contributed by atoms with E-state index in [0.717, 1.165) is 24.8 Å². The van der Waals surface area contributed by atoms with Crippen LogP contribution in [0, 0.1) is 5.92 Å². The highest BCUT2D eigenvalue weighted by atomic mass is 16.2. The zero-order chi connectivity index (χ0) is 23.4. The number of likely N-dealkylation sites (N-methyl/N-ethyl adjacent to an activating group) is 1. The predicted molar refractivity (Wildman–Crippen MR) is 121 cm³/mol. The van der Waals surface area contributed by atoms with Crippen molar-refractivity contribution >= 4 is 23.5 Å². The molecule has 1 saturated heterocycles. The average Bonchev–Trinajstić information content (AvgIpc) is 3.18. The molecule has 3 N–H and O–H groups in total. The first-order valence-corrected chi connectivity index (χ1v) is 11.4. The molecule has 4 atom stereocenters. The molecule has 174 valence electrons. The van der Waals surface area contributed by atoms with Crippen LogP contribution in [0.5, 0.6) is 0 Å². The minimum Gasteiger partial charge on any atom is -0.347 e. The van der Waals surface area contributed by atoms with E-state index in [4.69, 9.17) is 0 Å². The van der Waals surface area contributed by atoms with Gasteiger partial charge in [-0.1, -0.05) is 38.1 Å². The zero-order valence-electron chi connectivity index (χ0n) is 19.3. The Morgan fingerprint density at radius 1 is 1.12 bits per heavy atom. The lowest BCUT2D eigenvalue weighted by Gasteiger charge is -2.32. The topological polar surface area (TPSA) is 108 Å². The van der Waals surface area contributed by atoms with Gasteiger partial charge in [0.05, 0.1) is 18.6 Å². The minimum absolute atomic E-state index is 0.00236. The fourth-order valence-electron chi connectivity index (χ4n) is 4.43. The van der Waals surface area contributed by atoms with E-state index in [9.17, 15) is 19.2 Å². The maximum atomic E-state index is 13.3. The van der Waals surface area contributed by atoms with Crippen LogP contribution in [0.2, 0.25) is 0 Å². The van der Waals surface area contributed by atoms with E-state index in [1.54, 1.807) is 14.0 Å². The molecule has 0 saturated carbocycles. The van der Waals surface area contributed by atoms with Crippen LogP contribution in [-0.2, 0) is 25.6 Å². The smallest absolute Gasteiger partial charge is 0.246 e. The van der Waals surface area contributed by atoms with E-state index in [-0.39, 0.29) is 42.5 Å². The minimum atomic E-state index is -0.857. The summed E-state index contributed by atoms with van der Waals surface area (Å²) in [5, 5.41) is 8.70. The fraction of sp³-hybridized carbons (Fsp3) is 0.583. The molecular weight excluding hydrogens is 408 g/mol. The summed E-state index contributed by atoms with van der Waals surface area (Å²) >= 11 is 0. The number of fused-ring (bicyclic) bond motifs is 1. The molecule has 0 unspecified atom stereocenters. The second-order valence-corrected chi connectivity index (χ2v) is 9.12. The maximum Gasteiger partial charge on any atom is 0.246 e. The number of benzene rings is 1. The lowest BCUT2D eigenvalue weighted by molar-refractivity contribution is -0.143. The third kappa shape index (κ3) is 5.18. The number of likely N-dealkylation sites (tertiary alicyclic amines) is 1. The molecule has 0 spiro atoms. The molecule has 8 heteroatoms. The highest BCUT2D eigenvalue weighted by Crippen LogP contribution is 2.30. The van der Waals surface area contributed by atoms with Gasteiger partial charge in [0.1, 0.15) is 12.1 Å². The first-order valence-electron chi connectivity index (χ1n) is 11.4. The number of Topliss-reactive ketones (excluding diaryl/α,β-unsaturated/α-hetero) is 1. The van der Waals surface area contributed by atoms with E-state index >= 15 is 0 Å². The zero-order valence-corrected chi connectivity index (χ0v) is 19.3. The number of carbonyl (C=O) groups is 4. The summed E-state index contributed by atoms with van der Waals surface area (Å²) in [6.07, 6.45) is 2.77. The molecular formula is C24H34N4O4. The molecule has 1 fully saturated rings. The van der Waals surface area contributed by atoms with Crippen molar-refractivity contribution in [3.05, 3.63) is 35.4 Å². The highest BCUT2D eigenvalue weighted by Gasteiger charge is 2.43. The number of aryl methyl sites for hydroxylation is 1. The van der Waals surface area contributed by atoms with Crippen LogP contribution in [0.1, 0.15) is 57.2 Å². The van der Waals surface area contributed by atoms with Crippen LogP contribution >= 0.6 is 0 Å². The molecule has 1 heterocycles. The molecule has 8 nitrogen and oxygen atoms in total. The van der Waals surface area contributed by atoms with Crippen LogP contribution in [0.3, 0.4) is 0 Å². The van der Waals surface area contributed by atoms with Gasteiger partial charge in [-0.05, 0) is 50.3 Å². The summed E-state index contributed by atoms with van der Waals surface area (Å²) in [4.78, 5) is 52.5. The lowest BCUT2D eigenvalue weighted by atomic mass is 9.87. The van der Waals surface area contributed by atoms with Crippen LogP contribution in [0.15, 0.2) is 24.3 Å². The Balaban J connectivity index is 1.75. The molecule has 0 radical (unpaired) electrons. The molecule has 0 bridgehead atoms. The number of carbonyl (C=O) groups excluding carboxylic acids is 4. The van der Waals surface area contributed by atoms with Crippen molar-refractivity contribution in [1.29, 1.82) is 0 Å². The van der Waals surface area contributed by atoms with Gasteiger partial charge >= 0.3 is 0 Å². The SMILES string of the molecule is CN[C@@H](C)C(=O)N[C@H](C(=O)N1CC(=O)C[C@H]1C(=O)N[C@@H]1CCCc2ccccc21)C(C)C. The Morgan fingerprint density at radius 3 is 2.53 bits per heavy atom. The monoisotopic (exact) mass is 442 g/mol. The molecule has 3 amide bonds. The lowest BCUT2D eigenvalue weighted by Crippen LogP contribution is -2.57. The summed E-state index contributed by atoms with van der Waals surface area (Å²) in [5.74, 6) is -1.36. The number of rotatable bonds is 7. The number of nitrogens with zero attached hydrogens (tertiary/aromatic N) is 1. The maximum absolute atomic E-state index is 13.3. The van der Waals surface area contributed by atoms with Gasteiger partial charge in [0.25, 0.3) is 0 Å². The number of hydrogen-bond acceptors (Lipinski definition) is 5. The molecule has 3 rings (SSSR count). The van der Waals surface area contributed by atoms with Crippen molar-refractivity contribution in [2.75, 3.05) is 13.6 Å². The first kappa shape index (κ1) is 23.9. The number of hydrogen-bond donors (Lipinski definition) is 3. The molecule has 0 aromatic heterocycles. The largest absolute Gasteiger partial charge is 0.347 e. The summed E-state index contributed by atoms with van der Waals surface area (Å²) in [5.41, 5.74) is 2.32. The van der Waals surface area contributed by atoms with E-state index in [0.29, 0.717) is 0 Å². The van der Waals surface area contributed by atoms with Crippen LogP contribution in [0.25, 0.3) is 0 Å². The average molecular weight is 443 g/mol. The summed E-state index contributed by atoms with van der Waals surface area (Å²) in [7, 11) is 1.67.